The Hall–Kier alpha value is -0.370. The maximum Gasteiger partial charge on any atom is 0.164 e. The molecule has 0 aromatic heterocycles. The van der Waals surface area contributed by atoms with Gasteiger partial charge in [-0.25, -0.2) is 0 Å². The Bertz CT molecular complexity index is 149. The summed E-state index contributed by atoms with van der Waals surface area (Å²) in [4.78, 5) is 11.0. The second-order valence-electron chi connectivity index (χ2n) is 3.55. The van der Waals surface area contributed by atoms with E-state index >= 15 is 0 Å². The van der Waals surface area contributed by atoms with E-state index in [1.54, 1.807) is 6.92 Å². The average Bonchev–Trinajstić information content (AvgIpc) is 1.78. The molecule has 1 aliphatic rings. The van der Waals surface area contributed by atoms with E-state index in [4.69, 9.17) is 0 Å². The lowest BCUT2D eigenvalue weighted by Gasteiger charge is -2.30. The molecular formula is C8H14O2. The maximum atomic E-state index is 11.0. The fourth-order valence-corrected chi connectivity index (χ4v) is 1.54. The van der Waals surface area contributed by atoms with Gasteiger partial charge in [0, 0.05) is 6.42 Å². The Morgan fingerprint density at radius 1 is 1.70 bits per heavy atom. The SMILES string of the molecule is C[C@H]1CCC(=O)[C@](C)(O)C1. The van der Waals surface area contributed by atoms with Gasteiger partial charge in [-0.05, 0) is 25.7 Å². The summed E-state index contributed by atoms with van der Waals surface area (Å²) < 4.78 is 0. The lowest BCUT2D eigenvalue weighted by molar-refractivity contribution is -0.140. The van der Waals surface area contributed by atoms with Gasteiger partial charge in [0.1, 0.15) is 5.60 Å². The molecular weight excluding hydrogens is 128 g/mol. The quantitative estimate of drug-likeness (QED) is 0.550. The summed E-state index contributed by atoms with van der Waals surface area (Å²) in [6.07, 6.45) is 2.12. The molecule has 0 heterocycles. The first-order valence-corrected chi connectivity index (χ1v) is 3.78. The third-order valence-corrected chi connectivity index (χ3v) is 2.21. The minimum absolute atomic E-state index is 0.00519. The van der Waals surface area contributed by atoms with E-state index in [-0.39, 0.29) is 5.78 Å². The number of aliphatic hydroxyl groups is 1. The van der Waals surface area contributed by atoms with Gasteiger partial charge in [-0.1, -0.05) is 6.92 Å². The zero-order valence-corrected chi connectivity index (χ0v) is 6.55. The minimum atomic E-state index is -1.03. The molecule has 1 aliphatic carbocycles. The van der Waals surface area contributed by atoms with E-state index in [0.717, 1.165) is 6.42 Å². The summed E-state index contributed by atoms with van der Waals surface area (Å²) in [5.74, 6) is 0.498. The molecule has 0 aromatic rings. The molecule has 0 unspecified atom stereocenters. The highest BCUT2D eigenvalue weighted by Gasteiger charge is 2.35. The number of Topliss-reactive ketones (excluding diaryl/α,β-unsaturated/α-hetero) is 1. The number of ketones is 1. The van der Waals surface area contributed by atoms with E-state index in [9.17, 15) is 9.90 Å². The van der Waals surface area contributed by atoms with Crippen LogP contribution in [0.15, 0.2) is 0 Å². The Morgan fingerprint density at radius 3 is 2.70 bits per heavy atom. The molecule has 0 aliphatic heterocycles. The Morgan fingerprint density at radius 2 is 2.30 bits per heavy atom. The van der Waals surface area contributed by atoms with E-state index < -0.39 is 5.60 Å². The van der Waals surface area contributed by atoms with E-state index in [1.807, 2.05) is 0 Å². The van der Waals surface area contributed by atoms with Crippen molar-refractivity contribution in [1.29, 1.82) is 0 Å². The molecule has 10 heavy (non-hydrogen) atoms. The van der Waals surface area contributed by atoms with Crippen LogP contribution in [0.4, 0.5) is 0 Å². The molecule has 0 saturated heterocycles. The average molecular weight is 142 g/mol. The lowest BCUT2D eigenvalue weighted by Crippen LogP contribution is -2.40. The van der Waals surface area contributed by atoms with E-state index in [0.29, 0.717) is 18.8 Å². The second kappa shape index (κ2) is 2.35. The monoisotopic (exact) mass is 142 g/mol. The Kier molecular flexibility index (Phi) is 1.82. The summed E-state index contributed by atoms with van der Waals surface area (Å²) in [7, 11) is 0. The highest BCUT2D eigenvalue weighted by molar-refractivity contribution is 5.87. The summed E-state index contributed by atoms with van der Waals surface area (Å²) in [5.41, 5.74) is -1.03. The summed E-state index contributed by atoms with van der Waals surface area (Å²) in [6.45, 7) is 3.69. The molecule has 1 rings (SSSR count). The predicted molar refractivity (Wildman–Crippen MR) is 38.6 cm³/mol. The number of hydrogen-bond acceptors (Lipinski definition) is 2. The van der Waals surface area contributed by atoms with Crippen molar-refractivity contribution < 1.29 is 9.90 Å². The van der Waals surface area contributed by atoms with Crippen LogP contribution in [0.3, 0.4) is 0 Å². The lowest BCUT2D eigenvalue weighted by atomic mass is 9.79. The molecule has 58 valence electrons. The van der Waals surface area contributed by atoms with Gasteiger partial charge in [0.05, 0.1) is 0 Å². The van der Waals surface area contributed by atoms with Crippen LogP contribution in [0.5, 0.6) is 0 Å². The summed E-state index contributed by atoms with van der Waals surface area (Å²) >= 11 is 0. The van der Waals surface area contributed by atoms with Crippen LogP contribution in [0.25, 0.3) is 0 Å². The van der Waals surface area contributed by atoms with Crippen LogP contribution in [-0.2, 0) is 4.79 Å². The van der Waals surface area contributed by atoms with E-state index in [1.165, 1.54) is 0 Å². The van der Waals surface area contributed by atoms with Gasteiger partial charge in [0.25, 0.3) is 0 Å². The Labute approximate surface area is 61.2 Å². The number of hydrogen-bond donors (Lipinski definition) is 1. The van der Waals surface area contributed by atoms with Gasteiger partial charge < -0.3 is 5.11 Å². The zero-order valence-electron chi connectivity index (χ0n) is 6.55. The molecule has 0 amide bonds. The topological polar surface area (TPSA) is 37.3 Å². The van der Waals surface area contributed by atoms with Crippen LogP contribution in [-0.4, -0.2) is 16.5 Å². The fraction of sp³-hybridized carbons (Fsp3) is 0.875. The van der Waals surface area contributed by atoms with E-state index in [2.05, 4.69) is 6.92 Å². The third kappa shape index (κ3) is 1.37. The molecule has 1 saturated carbocycles. The summed E-state index contributed by atoms with van der Waals surface area (Å²) in [5, 5.41) is 9.46. The Balaban J connectivity index is 2.63. The van der Waals surface area contributed by atoms with Crippen LogP contribution >= 0.6 is 0 Å². The first-order valence-electron chi connectivity index (χ1n) is 3.78. The molecule has 1 fully saturated rings. The van der Waals surface area contributed by atoms with Crippen molar-refractivity contribution in [2.24, 2.45) is 5.92 Å². The van der Waals surface area contributed by atoms with Crippen LogP contribution in [0, 0.1) is 5.92 Å². The van der Waals surface area contributed by atoms with Crippen molar-refractivity contribution in [3.8, 4) is 0 Å². The van der Waals surface area contributed by atoms with Gasteiger partial charge in [0.15, 0.2) is 5.78 Å². The summed E-state index contributed by atoms with van der Waals surface area (Å²) in [6, 6.07) is 0. The molecule has 2 atom stereocenters. The maximum absolute atomic E-state index is 11.0. The molecule has 2 nitrogen and oxygen atoms in total. The molecule has 0 spiro atoms. The first-order chi connectivity index (χ1) is 4.52. The van der Waals surface area contributed by atoms with Crippen molar-refractivity contribution >= 4 is 5.78 Å². The van der Waals surface area contributed by atoms with Crippen molar-refractivity contribution in [2.45, 2.75) is 38.7 Å². The smallest absolute Gasteiger partial charge is 0.164 e. The van der Waals surface area contributed by atoms with Gasteiger partial charge in [0.2, 0.25) is 0 Å². The van der Waals surface area contributed by atoms with Gasteiger partial charge in [-0.15, -0.1) is 0 Å². The molecule has 2 heteroatoms. The molecule has 1 N–H and O–H groups in total. The zero-order chi connectivity index (χ0) is 7.78. The van der Waals surface area contributed by atoms with Crippen molar-refractivity contribution in [1.82, 2.24) is 0 Å². The van der Waals surface area contributed by atoms with Crippen molar-refractivity contribution in [2.75, 3.05) is 0 Å². The molecule has 0 radical (unpaired) electrons. The van der Waals surface area contributed by atoms with Crippen molar-refractivity contribution in [3.05, 3.63) is 0 Å². The fourth-order valence-electron chi connectivity index (χ4n) is 1.54. The molecule has 0 aromatic carbocycles. The second-order valence-corrected chi connectivity index (χ2v) is 3.55. The van der Waals surface area contributed by atoms with Crippen molar-refractivity contribution in [3.63, 3.8) is 0 Å². The largest absolute Gasteiger partial charge is 0.382 e. The number of carbonyl (C=O) groups excluding carboxylic acids is 1. The normalized spacial score (nSPS) is 41.9. The molecule has 0 bridgehead atoms. The van der Waals surface area contributed by atoms with Gasteiger partial charge >= 0.3 is 0 Å². The number of rotatable bonds is 0. The van der Waals surface area contributed by atoms with Gasteiger partial charge in [-0.2, -0.15) is 0 Å². The minimum Gasteiger partial charge on any atom is -0.382 e. The predicted octanol–water partition coefficient (Wildman–Crippen LogP) is 1.13. The van der Waals surface area contributed by atoms with Crippen LogP contribution in [0.1, 0.15) is 33.1 Å². The van der Waals surface area contributed by atoms with Crippen LogP contribution in [0.2, 0.25) is 0 Å². The third-order valence-electron chi connectivity index (χ3n) is 2.21. The number of carbonyl (C=O) groups is 1. The standard InChI is InChI=1S/C8H14O2/c1-6-3-4-7(9)8(2,10)5-6/h6,10H,3-5H2,1-2H3/t6-,8+/m0/s1. The highest BCUT2D eigenvalue weighted by atomic mass is 16.3. The highest BCUT2D eigenvalue weighted by Crippen LogP contribution is 2.28. The van der Waals surface area contributed by atoms with Gasteiger partial charge in [-0.3, -0.25) is 4.79 Å². The first kappa shape index (κ1) is 7.73. The van der Waals surface area contributed by atoms with Crippen LogP contribution < -0.4 is 0 Å².